The van der Waals surface area contributed by atoms with Crippen LogP contribution in [-0.2, 0) is 9.47 Å². The van der Waals surface area contributed by atoms with Crippen LogP contribution in [0.1, 0.15) is 6.42 Å². The largest absolute Gasteiger partial charge is 0.378 e. The summed E-state index contributed by atoms with van der Waals surface area (Å²) in [5.41, 5.74) is 1.60. The van der Waals surface area contributed by atoms with Crippen molar-refractivity contribution in [1.82, 2.24) is 10.7 Å². The second-order valence-electron chi connectivity index (χ2n) is 3.02. The van der Waals surface area contributed by atoms with Gasteiger partial charge in [-0.1, -0.05) is 0 Å². The summed E-state index contributed by atoms with van der Waals surface area (Å²) in [7, 11) is 1.61. The van der Waals surface area contributed by atoms with E-state index in [1.54, 1.807) is 7.11 Å². The normalized spacial score (nSPS) is 27.2. The molecule has 4 N–H and O–H groups in total. The Balaban J connectivity index is 2.35. The van der Waals surface area contributed by atoms with Crippen LogP contribution in [0.5, 0.6) is 0 Å². The van der Waals surface area contributed by atoms with E-state index in [2.05, 4.69) is 5.32 Å². The topological polar surface area (TPSA) is 85.6 Å². The van der Waals surface area contributed by atoms with Crippen LogP contribution in [0.15, 0.2) is 0 Å². The SMILES string of the molecule is COC1(CNC(=O)NN)CCOC1. The summed E-state index contributed by atoms with van der Waals surface area (Å²) in [6.45, 7) is 1.58. The first-order valence-corrected chi connectivity index (χ1v) is 4.10. The molecule has 0 aromatic carbocycles. The smallest absolute Gasteiger partial charge is 0.329 e. The number of nitrogens with one attached hydrogen (secondary N) is 2. The van der Waals surface area contributed by atoms with Crippen LogP contribution in [-0.4, -0.2) is 38.5 Å². The van der Waals surface area contributed by atoms with Crippen LogP contribution >= 0.6 is 0 Å². The second-order valence-corrected chi connectivity index (χ2v) is 3.02. The Morgan fingerprint density at radius 2 is 2.54 bits per heavy atom. The molecule has 2 amide bonds. The van der Waals surface area contributed by atoms with Crippen LogP contribution < -0.4 is 16.6 Å². The number of amides is 2. The summed E-state index contributed by atoms with van der Waals surface area (Å²) in [6.07, 6.45) is 0.786. The molecule has 0 saturated carbocycles. The van der Waals surface area contributed by atoms with E-state index in [1.807, 2.05) is 5.43 Å². The van der Waals surface area contributed by atoms with Crippen LogP contribution in [0, 0.1) is 0 Å². The van der Waals surface area contributed by atoms with Crippen molar-refractivity contribution < 1.29 is 14.3 Å². The zero-order valence-corrected chi connectivity index (χ0v) is 7.63. The lowest BCUT2D eigenvalue weighted by molar-refractivity contribution is -0.0137. The lowest BCUT2D eigenvalue weighted by Gasteiger charge is -2.25. The molecule has 0 aromatic rings. The summed E-state index contributed by atoms with van der Waals surface area (Å²) in [4.78, 5) is 10.8. The van der Waals surface area contributed by atoms with Gasteiger partial charge in [-0.25, -0.2) is 10.6 Å². The molecule has 0 spiro atoms. The maximum absolute atomic E-state index is 10.8. The fourth-order valence-electron chi connectivity index (χ4n) is 1.25. The molecule has 6 nitrogen and oxygen atoms in total. The third-order valence-electron chi connectivity index (χ3n) is 2.20. The minimum atomic E-state index is -0.414. The highest BCUT2D eigenvalue weighted by Gasteiger charge is 2.35. The minimum absolute atomic E-state index is 0.382. The summed E-state index contributed by atoms with van der Waals surface area (Å²) >= 11 is 0. The highest BCUT2D eigenvalue weighted by atomic mass is 16.5. The van der Waals surface area contributed by atoms with E-state index < -0.39 is 6.03 Å². The van der Waals surface area contributed by atoms with Gasteiger partial charge in [-0.2, -0.15) is 0 Å². The lowest BCUT2D eigenvalue weighted by Crippen LogP contribution is -2.49. The van der Waals surface area contributed by atoms with Gasteiger partial charge in [0.1, 0.15) is 5.60 Å². The highest BCUT2D eigenvalue weighted by Crippen LogP contribution is 2.21. The number of carbonyl (C=O) groups is 1. The van der Waals surface area contributed by atoms with E-state index in [1.165, 1.54) is 0 Å². The number of urea groups is 1. The van der Waals surface area contributed by atoms with Gasteiger partial charge < -0.3 is 14.8 Å². The van der Waals surface area contributed by atoms with Crippen molar-refractivity contribution in [2.75, 3.05) is 26.9 Å². The monoisotopic (exact) mass is 189 g/mol. The van der Waals surface area contributed by atoms with Crippen molar-refractivity contribution in [3.63, 3.8) is 0 Å². The summed E-state index contributed by atoms with van der Waals surface area (Å²) in [6, 6.07) is -0.414. The fourth-order valence-corrected chi connectivity index (χ4v) is 1.25. The molecule has 1 heterocycles. The van der Waals surface area contributed by atoms with Gasteiger partial charge in [-0.3, -0.25) is 5.43 Å². The van der Waals surface area contributed by atoms with Crippen LogP contribution in [0.4, 0.5) is 4.79 Å². The van der Waals surface area contributed by atoms with Crippen molar-refractivity contribution in [1.29, 1.82) is 0 Å². The number of methoxy groups -OCH3 is 1. The first kappa shape index (κ1) is 10.2. The standard InChI is InChI=1S/C7H15N3O3/c1-12-7(2-3-13-5-7)4-9-6(11)10-8/h2-5,8H2,1H3,(H2,9,10,11). The molecule has 0 aliphatic carbocycles. The van der Waals surface area contributed by atoms with Crippen molar-refractivity contribution in [3.05, 3.63) is 0 Å². The van der Waals surface area contributed by atoms with Gasteiger partial charge >= 0.3 is 6.03 Å². The molecule has 1 unspecified atom stereocenters. The highest BCUT2D eigenvalue weighted by molar-refractivity contribution is 5.73. The number of hydrazine groups is 1. The molecule has 0 radical (unpaired) electrons. The predicted octanol–water partition coefficient (Wildman–Crippen LogP) is -1.04. The average molecular weight is 189 g/mol. The molecule has 1 aliphatic heterocycles. The number of rotatable bonds is 3. The van der Waals surface area contributed by atoms with Gasteiger partial charge in [0, 0.05) is 20.1 Å². The zero-order chi connectivity index (χ0) is 9.73. The van der Waals surface area contributed by atoms with Crippen LogP contribution in [0.25, 0.3) is 0 Å². The number of nitrogens with two attached hydrogens (primary N) is 1. The third-order valence-corrected chi connectivity index (χ3v) is 2.20. The summed E-state index contributed by atoms with van der Waals surface area (Å²) in [5, 5.41) is 2.59. The van der Waals surface area contributed by atoms with Crippen LogP contribution in [0.3, 0.4) is 0 Å². The van der Waals surface area contributed by atoms with Crippen LogP contribution in [0.2, 0.25) is 0 Å². The van der Waals surface area contributed by atoms with E-state index >= 15 is 0 Å². The molecule has 1 aliphatic rings. The molecule has 1 rings (SSSR count). The maximum atomic E-state index is 10.8. The first-order valence-electron chi connectivity index (χ1n) is 4.10. The number of hydrogen-bond donors (Lipinski definition) is 3. The van der Waals surface area contributed by atoms with Gasteiger partial charge in [0.15, 0.2) is 0 Å². The Hall–Kier alpha value is -0.850. The molecular weight excluding hydrogens is 174 g/mol. The van der Waals surface area contributed by atoms with Gasteiger partial charge in [0.25, 0.3) is 0 Å². The Labute approximate surface area is 76.7 Å². The first-order chi connectivity index (χ1) is 6.22. The van der Waals surface area contributed by atoms with Gasteiger partial charge in [-0.05, 0) is 0 Å². The maximum Gasteiger partial charge on any atom is 0.329 e. The van der Waals surface area contributed by atoms with E-state index in [0.29, 0.717) is 19.8 Å². The van der Waals surface area contributed by atoms with Crippen molar-refractivity contribution in [3.8, 4) is 0 Å². The average Bonchev–Trinajstić information content (AvgIpc) is 2.63. The van der Waals surface area contributed by atoms with E-state index in [4.69, 9.17) is 15.3 Å². The molecular formula is C7H15N3O3. The molecule has 1 fully saturated rings. The van der Waals surface area contributed by atoms with Crippen molar-refractivity contribution >= 4 is 6.03 Å². The Bertz CT molecular complexity index is 180. The second kappa shape index (κ2) is 4.40. The Morgan fingerprint density at radius 1 is 1.77 bits per heavy atom. The number of carbonyl (C=O) groups excluding carboxylic acids is 1. The predicted molar refractivity (Wildman–Crippen MR) is 45.9 cm³/mol. The molecule has 0 aromatic heterocycles. The minimum Gasteiger partial charge on any atom is -0.378 e. The summed E-state index contributed by atoms with van der Waals surface area (Å²) in [5.74, 6) is 4.91. The molecule has 1 atom stereocenters. The Kier molecular flexibility index (Phi) is 3.47. The lowest BCUT2D eigenvalue weighted by atomic mass is 10.0. The Morgan fingerprint density at radius 3 is 3.00 bits per heavy atom. The van der Waals surface area contributed by atoms with Crippen molar-refractivity contribution in [2.24, 2.45) is 5.84 Å². The van der Waals surface area contributed by atoms with Gasteiger partial charge in [0.2, 0.25) is 0 Å². The van der Waals surface area contributed by atoms with E-state index in [-0.39, 0.29) is 5.60 Å². The molecule has 6 heteroatoms. The number of ether oxygens (including phenoxy) is 2. The quantitative estimate of drug-likeness (QED) is 0.301. The number of hydrogen-bond acceptors (Lipinski definition) is 4. The molecule has 1 saturated heterocycles. The third kappa shape index (κ3) is 2.55. The van der Waals surface area contributed by atoms with Gasteiger partial charge in [-0.15, -0.1) is 0 Å². The molecule has 0 bridgehead atoms. The molecule has 13 heavy (non-hydrogen) atoms. The molecule has 76 valence electrons. The zero-order valence-electron chi connectivity index (χ0n) is 7.63. The van der Waals surface area contributed by atoms with E-state index in [9.17, 15) is 4.79 Å². The summed E-state index contributed by atoms with van der Waals surface area (Å²) < 4.78 is 10.5. The fraction of sp³-hybridized carbons (Fsp3) is 0.857. The van der Waals surface area contributed by atoms with Gasteiger partial charge in [0.05, 0.1) is 13.2 Å². The van der Waals surface area contributed by atoms with Crippen molar-refractivity contribution in [2.45, 2.75) is 12.0 Å². The van der Waals surface area contributed by atoms with E-state index in [0.717, 1.165) is 6.42 Å².